The zero-order valence-corrected chi connectivity index (χ0v) is 15.2. The van der Waals surface area contributed by atoms with Gasteiger partial charge in [-0.3, -0.25) is 4.79 Å². The van der Waals surface area contributed by atoms with Gasteiger partial charge in [-0.05, 0) is 48.0 Å². The second-order valence-corrected chi connectivity index (χ2v) is 7.27. The fraction of sp³-hybridized carbons (Fsp3) is 0.286. The zero-order chi connectivity index (χ0) is 15.8. The molecule has 0 fully saturated rings. The maximum Gasteiger partial charge on any atom is 0.312 e. The first-order chi connectivity index (χ1) is 9.72. The normalized spacial score (nSPS) is 11.7. The molecule has 7 heteroatoms. The number of benzene rings is 1. The van der Waals surface area contributed by atoms with Crippen molar-refractivity contribution in [3.63, 3.8) is 0 Å². The van der Waals surface area contributed by atoms with Crippen molar-refractivity contribution >= 4 is 60.3 Å². The minimum Gasteiger partial charge on any atom is -0.489 e. The van der Waals surface area contributed by atoms with Gasteiger partial charge in [0.1, 0.15) is 17.3 Å². The number of aliphatic carboxylic acids is 1. The van der Waals surface area contributed by atoms with Crippen LogP contribution in [0.2, 0.25) is 5.15 Å². The van der Waals surface area contributed by atoms with Crippen molar-refractivity contribution in [1.29, 1.82) is 0 Å². The molecule has 0 aliphatic heterocycles. The molecule has 1 aromatic heterocycles. The van der Waals surface area contributed by atoms with Crippen LogP contribution < -0.4 is 4.74 Å². The minimum absolute atomic E-state index is 0.0197. The van der Waals surface area contributed by atoms with Gasteiger partial charge in [0.2, 0.25) is 0 Å². The van der Waals surface area contributed by atoms with E-state index in [-0.39, 0.29) is 6.61 Å². The first-order valence-corrected chi connectivity index (χ1v) is 7.99. The molecule has 0 aliphatic rings. The number of hydrogen-bond donors (Lipinski definition) is 1. The fourth-order valence-electron chi connectivity index (χ4n) is 1.62. The third kappa shape index (κ3) is 3.49. The lowest BCUT2D eigenvalue weighted by molar-refractivity contribution is -0.148. The molecule has 1 heterocycles. The SMILES string of the molecule is CC(C)(COc1c(Br)cc(Br)c2ccc(Cl)nc12)C(=O)O. The molecular formula is C14H12Br2ClNO3. The molecule has 1 aromatic carbocycles. The van der Waals surface area contributed by atoms with E-state index >= 15 is 0 Å². The lowest BCUT2D eigenvalue weighted by Gasteiger charge is -2.21. The number of ether oxygens (including phenoxy) is 1. The summed E-state index contributed by atoms with van der Waals surface area (Å²) < 4.78 is 7.24. The number of fused-ring (bicyclic) bond motifs is 1. The van der Waals surface area contributed by atoms with Crippen LogP contribution in [0.5, 0.6) is 5.75 Å². The van der Waals surface area contributed by atoms with Crippen LogP contribution in [0.1, 0.15) is 13.8 Å². The maximum absolute atomic E-state index is 11.2. The van der Waals surface area contributed by atoms with Crippen molar-refractivity contribution in [1.82, 2.24) is 4.98 Å². The van der Waals surface area contributed by atoms with E-state index in [0.717, 1.165) is 9.86 Å². The second kappa shape index (κ2) is 6.10. The first-order valence-electron chi connectivity index (χ1n) is 6.03. The number of pyridine rings is 1. The Morgan fingerprint density at radius 3 is 2.67 bits per heavy atom. The van der Waals surface area contributed by atoms with Gasteiger partial charge in [-0.25, -0.2) is 4.98 Å². The van der Waals surface area contributed by atoms with Gasteiger partial charge in [0.25, 0.3) is 0 Å². The summed E-state index contributed by atoms with van der Waals surface area (Å²) in [5.41, 5.74) is -0.429. The van der Waals surface area contributed by atoms with Crippen molar-refractivity contribution in [2.24, 2.45) is 5.41 Å². The van der Waals surface area contributed by atoms with Gasteiger partial charge >= 0.3 is 5.97 Å². The zero-order valence-electron chi connectivity index (χ0n) is 11.3. The van der Waals surface area contributed by atoms with E-state index < -0.39 is 11.4 Å². The molecule has 0 bridgehead atoms. The summed E-state index contributed by atoms with van der Waals surface area (Å²) in [6.07, 6.45) is 0. The van der Waals surface area contributed by atoms with Gasteiger partial charge < -0.3 is 9.84 Å². The molecule has 21 heavy (non-hydrogen) atoms. The van der Waals surface area contributed by atoms with Gasteiger partial charge in [-0.1, -0.05) is 27.5 Å². The van der Waals surface area contributed by atoms with Crippen molar-refractivity contribution in [3.05, 3.63) is 32.3 Å². The van der Waals surface area contributed by atoms with Crippen LogP contribution in [0.25, 0.3) is 10.9 Å². The molecule has 0 amide bonds. The molecule has 0 saturated heterocycles. The Balaban J connectivity index is 2.48. The Bertz CT molecular complexity index is 719. The number of hydrogen-bond acceptors (Lipinski definition) is 3. The fourth-order valence-corrected chi connectivity index (χ4v) is 3.16. The molecule has 1 N–H and O–H groups in total. The lowest BCUT2D eigenvalue weighted by atomic mass is 9.95. The highest BCUT2D eigenvalue weighted by Crippen LogP contribution is 2.38. The first kappa shape index (κ1) is 16.5. The van der Waals surface area contributed by atoms with Crippen molar-refractivity contribution < 1.29 is 14.6 Å². The van der Waals surface area contributed by atoms with Crippen LogP contribution in [0.15, 0.2) is 27.1 Å². The van der Waals surface area contributed by atoms with Crippen molar-refractivity contribution in [2.75, 3.05) is 6.61 Å². The van der Waals surface area contributed by atoms with Crippen LogP contribution in [0.4, 0.5) is 0 Å². The summed E-state index contributed by atoms with van der Waals surface area (Å²) in [7, 11) is 0. The van der Waals surface area contributed by atoms with E-state index in [1.54, 1.807) is 19.9 Å². The minimum atomic E-state index is -1.00. The predicted octanol–water partition coefficient (Wildman–Crippen LogP) is 4.90. The summed E-state index contributed by atoms with van der Waals surface area (Å²) in [4.78, 5) is 15.4. The molecule has 0 radical (unpaired) electrons. The van der Waals surface area contributed by atoms with Gasteiger partial charge in [-0.2, -0.15) is 0 Å². The molecule has 0 atom stereocenters. The van der Waals surface area contributed by atoms with Crippen LogP contribution in [-0.2, 0) is 4.79 Å². The largest absolute Gasteiger partial charge is 0.489 e. The number of halogens is 3. The third-order valence-electron chi connectivity index (χ3n) is 2.96. The molecule has 2 rings (SSSR count). The molecule has 0 saturated carbocycles. The van der Waals surface area contributed by atoms with Crippen LogP contribution in [0.3, 0.4) is 0 Å². The number of carboxylic acids is 1. The highest BCUT2D eigenvalue weighted by Gasteiger charge is 2.29. The molecule has 0 unspecified atom stereocenters. The number of carboxylic acid groups (broad SMARTS) is 1. The number of carbonyl (C=O) groups is 1. The Kier molecular flexibility index (Phi) is 4.80. The highest BCUT2D eigenvalue weighted by molar-refractivity contribution is 9.11. The third-order valence-corrected chi connectivity index (χ3v) is 4.42. The second-order valence-electron chi connectivity index (χ2n) is 5.18. The number of aromatic nitrogens is 1. The Labute approximate surface area is 143 Å². The molecular weight excluding hydrogens is 425 g/mol. The Morgan fingerprint density at radius 2 is 2.05 bits per heavy atom. The summed E-state index contributed by atoms with van der Waals surface area (Å²) in [5, 5.41) is 10.3. The van der Waals surface area contributed by atoms with E-state index in [2.05, 4.69) is 36.8 Å². The topological polar surface area (TPSA) is 59.4 Å². The summed E-state index contributed by atoms with van der Waals surface area (Å²) >= 11 is 12.8. The van der Waals surface area contributed by atoms with E-state index in [1.165, 1.54) is 0 Å². The van der Waals surface area contributed by atoms with Gasteiger partial charge in [0, 0.05) is 9.86 Å². The van der Waals surface area contributed by atoms with E-state index in [0.29, 0.717) is 20.9 Å². The van der Waals surface area contributed by atoms with E-state index in [9.17, 15) is 4.79 Å². The van der Waals surface area contributed by atoms with Gasteiger partial charge in [-0.15, -0.1) is 0 Å². The average molecular weight is 438 g/mol. The molecule has 0 aliphatic carbocycles. The molecule has 2 aromatic rings. The summed E-state index contributed by atoms with van der Waals surface area (Å²) in [5.74, 6) is -0.448. The summed E-state index contributed by atoms with van der Waals surface area (Å²) in [6, 6.07) is 5.35. The van der Waals surface area contributed by atoms with E-state index in [1.807, 2.05) is 12.1 Å². The smallest absolute Gasteiger partial charge is 0.312 e. The van der Waals surface area contributed by atoms with Crippen molar-refractivity contribution in [2.45, 2.75) is 13.8 Å². The lowest BCUT2D eigenvalue weighted by Crippen LogP contribution is -2.30. The standard InChI is InChI=1S/C14H12Br2ClNO3/c1-14(2,13(19)20)6-21-12-9(16)5-8(15)7-3-4-10(17)18-11(7)12/h3-5H,6H2,1-2H3,(H,19,20). The Hall–Kier alpha value is -0.850. The van der Waals surface area contributed by atoms with E-state index in [4.69, 9.17) is 21.4 Å². The van der Waals surface area contributed by atoms with Crippen LogP contribution in [-0.4, -0.2) is 22.7 Å². The quantitative estimate of drug-likeness (QED) is 0.691. The molecule has 4 nitrogen and oxygen atoms in total. The van der Waals surface area contributed by atoms with Gasteiger partial charge in [0.05, 0.1) is 9.89 Å². The maximum atomic E-state index is 11.2. The average Bonchev–Trinajstić information content (AvgIpc) is 2.37. The number of rotatable bonds is 4. The van der Waals surface area contributed by atoms with Crippen LogP contribution in [0, 0.1) is 5.41 Å². The summed E-state index contributed by atoms with van der Waals surface area (Å²) in [6.45, 7) is 3.22. The molecule has 112 valence electrons. The predicted molar refractivity (Wildman–Crippen MR) is 89.1 cm³/mol. The number of nitrogens with zero attached hydrogens (tertiary/aromatic N) is 1. The Morgan fingerprint density at radius 1 is 1.38 bits per heavy atom. The van der Waals surface area contributed by atoms with Crippen LogP contribution >= 0.6 is 43.5 Å². The highest BCUT2D eigenvalue weighted by atomic mass is 79.9. The van der Waals surface area contributed by atoms with Crippen molar-refractivity contribution in [3.8, 4) is 5.75 Å². The van der Waals surface area contributed by atoms with Gasteiger partial charge in [0.15, 0.2) is 5.75 Å². The molecule has 0 spiro atoms. The monoisotopic (exact) mass is 435 g/mol.